The number of halogens is 2. The molecular weight excluding hydrogens is 227 g/mol. The van der Waals surface area contributed by atoms with E-state index >= 15 is 0 Å². The summed E-state index contributed by atoms with van der Waals surface area (Å²) in [6.45, 7) is 4.13. The van der Waals surface area contributed by atoms with E-state index in [-0.39, 0.29) is 5.02 Å². The van der Waals surface area contributed by atoms with E-state index in [2.05, 4.69) is 18.8 Å². The van der Waals surface area contributed by atoms with Gasteiger partial charge in [-0.2, -0.15) is 0 Å². The van der Waals surface area contributed by atoms with Crippen molar-refractivity contribution in [1.29, 1.82) is 0 Å². The molecule has 2 rings (SSSR count). The SMILES string of the molecule is CC(C)n1ccnc1-c1ccc(F)c(Cl)c1. The van der Waals surface area contributed by atoms with E-state index in [0.29, 0.717) is 6.04 Å². The van der Waals surface area contributed by atoms with Gasteiger partial charge in [-0.3, -0.25) is 0 Å². The van der Waals surface area contributed by atoms with Crippen LogP contribution < -0.4 is 0 Å². The first-order chi connectivity index (χ1) is 7.59. The van der Waals surface area contributed by atoms with E-state index in [1.807, 2.05) is 10.8 Å². The van der Waals surface area contributed by atoms with Gasteiger partial charge in [-0.15, -0.1) is 0 Å². The molecule has 0 unspecified atom stereocenters. The predicted octanol–water partition coefficient (Wildman–Crippen LogP) is 3.92. The molecule has 2 nitrogen and oxygen atoms in total. The number of imidazole rings is 1. The zero-order chi connectivity index (χ0) is 11.7. The van der Waals surface area contributed by atoms with Crippen LogP contribution in [0.1, 0.15) is 19.9 Å². The maximum absolute atomic E-state index is 13.0. The number of benzene rings is 1. The molecule has 0 amide bonds. The van der Waals surface area contributed by atoms with Crippen LogP contribution in [-0.4, -0.2) is 9.55 Å². The van der Waals surface area contributed by atoms with E-state index in [1.165, 1.54) is 6.07 Å². The summed E-state index contributed by atoms with van der Waals surface area (Å²) < 4.78 is 15.1. The van der Waals surface area contributed by atoms with Crippen LogP contribution in [0.5, 0.6) is 0 Å². The fraction of sp³-hybridized carbons (Fsp3) is 0.250. The largest absolute Gasteiger partial charge is 0.328 e. The lowest BCUT2D eigenvalue weighted by molar-refractivity contribution is 0.606. The number of rotatable bonds is 2. The molecule has 4 heteroatoms. The Morgan fingerprint density at radius 2 is 2.12 bits per heavy atom. The second-order valence-corrected chi connectivity index (χ2v) is 4.29. The van der Waals surface area contributed by atoms with Crippen molar-refractivity contribution in [3.63, 3.8) is 0 Å². The molecule has 0 atom stereocenters. The maximum Gasteiger partial charge on any atom is 0.141 e. The highest BCUT2D eigenvalue weighted by Gasteiger charge is 2.10. The van der Waals surface area contributed by atoms with Gasteiger partial charge in [-0.1, -0.05) is 11.6 Å². The van der Waals surface area contributed by atoms with Gasteiger partial charge in [0.2, 0.25) is 0 Å². The summed E-state index contributed by atoms with van der Waals surface area (Å²) in [4.78, 5) is 4.26. The Morgan fingerprint density at radius 1 is 1.38 bits per heavy atom. The summed E-state index contributed by atoms with van der Waals surface area (Å²) in [5.74, 6) is 0.393. The summed E-state index contributed by atoms with van der Waals surface area (Å²) in [6, 6.07) is 4.94. The molecule has 0 fully saturated rings. The Balaban J connectivity index is 2.50. The van der Waals surface area contributed by atoms with Crippen molar-refractivity contribution in [1.82, 2.24) is 9.55 Å². The molecule has 1 heterocycles. The van der Waals surface area contributed by atoms with Gasteiger partial charge >= 0.3 is 0 Å². The lowest BCUT2D eigenvalue weighted by Gasteiger charge is -2.11. The van der Waals surface area contributed by atoms with E-state index < -0.39 is 5.82 Å². The molecule has 1 aromatic carbocycles. The van der Waals surface area contributed by atoms with E-state index in [4.69, 9.17) is 11.6 Å². The average molecular weight is 239 g/mol. The molecule has 0 aliphatic carbocycles. The quantitative estimate of drug-likeness (QED) is 0.775. The normalized spacial score (nSPS) is 11.1. The van der Waals surface area contributed by atoms with Crippen molar-refractivity contribution in [3.8, 4) is 11.4 Å². The van der Waals surface area contributed by atoms with Crippen LogP contribution in [-0.2, 0) is 0 Å². The fourth-order valence-electron chi connectivity index (χ4n) is 1.59. The van der Waals surface area contributed by atoms with Crippen molar-refractivity contribution < 1.29 is 4.39 Å². The lowest BCUT2D eigenvalue weighted by Crippen LogP contribution is -2.01. The molecule has 0 aliphatic heterocycles. The summed E-state index contributed by atoms with van der Waals surface area (Å²) in [5.41, 5.74) is 0.824. The molecule has 2 aromatic rings. The van der Waals surface area contributed by atoms with Gasteiger partial charge in [-0.25, -0.2) is 9.37 Å². The third kappa shape index (κ3) is 1.95. The predicted molar refractivity (Wildman–Crippen MR) is 63.0 cm³/mol. The maximum atomic E-state index is 13.0. The highest BCUT2D eigenvalue weighted by atomic mass is 35.5. The Hall–Kier alpha value is -1.35. The van der Waals surface area contributed by atoms with Gasteiger partial charge in [0.1, 0.15) is 11.6 Å². The van der Waals surface area contributed by atoms with Crippen LogP contribution in [0.2, 0.25) is 5.02 Å². The first-order valence-electron chi connectivity index (χ1n) is 5.08. The highest BCUT2D eigenvalue weighted by Crippen LogP contribution is 2.25. The van der Waals surface area contributed by atoms with Crippen molar-refractivity contribution in [2.24, 2.45) is 0 Å². The number of nitrogens with zero attached hydrogens (tertiary/aromatic N) is 2. The van der Waals surface area contributed by atoms with Crippen LogP contribution in [0.15, 0.2) is 30.6 Å². The molecule has 0 saturated carbocycles. The van der Waals surface area contributed by atoms with E-state index in [0.717, 1.165) is 11.4 Å². The van der Waals surface area contributed by atoms with Crippen LogP contribution in [0, 0.1) is 5.82 Å². The molecule has 0 spiro atoms. The molecule has 0 saturated heterocycles. The topological polar surface area (TPSA) is 17.8 Å². The van der Waals surface area contributed by atoms with E-state index in [1.54, 1.807) is 18.3 Å². The minimum Gasteiger partial charge on any atom is -0.328 e. The second kappa shape index (κ2) is 4.26. The van der Waals surface area contributed by atoms with Gasteiger partial charge in [0, 0.05) is 24.0 Å². The molecule has 16 heavy (non-hydrogen) atoms. The first-order valence-corrected chi connectivity index (χ1v) is 5.45. The molecular formula is C12H12ClFN2. The van der Waals surface area contributed by atoms with Crippen molar-refractivity contribution >= 4 is 11.6 Å². The molecule has 1 aromatic heterocycles. The minimum atomic E-state index is -0.409. The summed E-state index contributed by atoms with van der Waals surface area (Å²) >= 11 is 5.75. The molecule has 0 N–H and O–H groups in total. The Labute approximate surface area is 98.7 Å². The fourth-order valence-corrected chi connectivity index (χ4v) is 1.77. The van der Waals surface area contributed by atoms with Crippen molar-refractivity contribution in [3.05, 3.63) is 41.4 Å². The Kier molecular flexibility index (Phi) is 2.97. The second-order valence-electron chi connectivity index (χ2n) is 3.88. The monoisotopic (exact) mass is 238 g/mol. The smallest absolute Gasteiger partial charge is 0.141 e. The van der Waals surface area contributed by atoms with Crippen molar-refractivity contribution in [2.45, 2.75) is 19.9 Å². The highest BCUT2D eigenvalue weighted by molar-refractivity contribution is 6.31. The van der Waals surface area contributed by atoms with Gasteiger partial charge in [-0.05, 0) is 32.0 Å². The Bertz CT molecular complexity index is 505. The van der Waals surface area contributed by atoms with Crippen LogP contribution in [0.25, 0.3) is 11.4 Å². The zero-order valence-electron chi connectivity index (χ0n) is 9.11. The van der Waals surface area contributed by atoms with Gasteiger partial charge in [0.05, 0.1) is 5.02 Å². The number of hydrogen-bond acceptors (Lipinski definition) is 1. The molecule has 0 aliphatic rings. The van der Waals surface area contributed by atoms with Gasteiger partial charge in [0.15, 0.2) is 0 Å². The average Bonchev–Trinajstić information content (AvgIpc) is 2.71. The minimum absolute atomic E-state index is 0.121. The molecule has 0 radical (unpaired) electrons. The number of hydrogen-bond donors (Lipinski definition) is 0. The third-order valence-corrected chi connectivity index (χ3v) is 2.69. The van der Waals surface area contributed by atoms with Crippen LogP contribution in [0.3, 0.4) is 0 Å². The summed E-state index contributed by atoms with van der Waals surface area (Å²) in [6.07, 6.45) is 3.63. The van der Waals surface area contributed by atoms with E-state index in [9.17, 15) is 4.39 Å². The van der Waals surface area contributed by atoms with Crippen LogP contribution >= 0.6 is 11.6 Å². The van der Waals surface area contributed by atoms with Crippen molar-refractivity contribution in [2.75, 3.05) is 0 Å². The standard InChI is InChI=1S/C12H12ClFN2/c1-8(2)16-6-5-15-12(16)9-3-4-11(14)10(13)7-9/h3-8H,1-2H3. The molecule has 0 bridgehead atoms. The third-order valence-electron chi connectivity index (χ3n) is 2.40. The summed E-state index contributed by atoms with van der Waals surface area (Å²) in [7, 11) is 0. The molecule has 84 valence electrons. The lowest BCUT2D eigenvalue weighted by atomic mass is 10.2. The number of aromatic nitrogens is 2. The Morgan fingerprint density at radius 3 is 2.75 bits per heavy atom. The first kappa shape index (κ1) is 11.1. The van der Waals surface area contributed by atoms with Crippen LogP contribution in [0.4, 0.5) is 4.39 Å². The van der Waals surface area contributed by atoms with Gasteiger partial charge in [0.25, 0.3) is 0 Å². The summed E-state index contributed by atoms with van der Waals surface area (Å²) in [5, 5.41) is 0.121. The zero-order valence-corrected chi connectivity index (χ0v) is 9.87. The van der Waals surface area contributed by atoms with Gasteiger partial charge < -0.3 is 4.57 Å².